The minimum atomic E-state index is -0.0205. The van der Waals surface area contributed by atoms with Gasteiger partial charge in [-0.3, -0.25) is 14.6 Å². The zero-order valence-electron chi connectivity index (χ0n) is 13.8. The Labute approximate surface area is 139 Å². The van der Waals surface area contributed by atoms with Gasteiger partial charge in [0.1, 0.15) is 0 Å². The lowest BCUT2D eigenvalue weighted by Gasteiger charge is -2.23. The molecule has 0 radical (unpaired) electrons. The highest BCUT2D eigenvalue weighted by atomic mass is 16.2. The molecule has 124 valence electrons. The van der Waals surface area contributed by atoms with Crippen molar-refractivity contribution in [2.45, 2.75) is 38.3 Å². The largest absolute Gasteiger partial charge is 0.324 e. The molecule has 2 saturated heterocycles. The van der Waals surface area contributed by atoms with Gasteiger partial charge in [-0.1, -0.05) is 24.3 Å². The summed E-state index contributed by atoms with van der Waals surface area (Å²) in [5, 5.41) is 3.17. The van der Waals surface area contributed by atoms with Crippen molar-refractivity contribution < 1.29 is 4.79 Å². The maximum atomic E-state index is 12.7. The summed E-state index contributed by atoms with van der Waals surface area (Å²) in [7, 11) is 0. The highest BCUT2D eigenvalue weighted by molar-refractivity contribution is 5.95. The quantitative estimate of drug-likeness (QED) is 0.820. The molecular weight excluding hydrogens is 286 g/mol. The van der Waals surface area contributed by atoms with Crippen LogP contribution in [0, 0.1) is 0 Å². The Morgan fingerprint density at radius 2 is 2.00 bits per heavy atom. The first kappa shape index (κ1) is 16.2. The molecule has 4 heteroatoms. The van der Waals surface area contributed by atoms with Crippen LogP contribution in [0.25, 0.3) is 0 Å². The Morgan fingerprint density at radius 1 is 1.22 bits per heavy atom. The predicted octanol–water partition coefficient (Wildman–Crippen LogP) is 2.87. The Kier molecular flexibility index (Phi) is 5.47. The lowest BCUT2D eigenvalue weighted by Crippen LogP contribution is -2.39. The van der Waals surface area contributed by atoms with Crippen molar-refractivity contribution in [1.29, 1.82) is 0 Å². The number of carbonyl (C=O) groups excluding carboxylic acids is 1. The van der Waals surface area contributed by atoms with Crippen LogP contribution >= 0.6 is 0 Å². The molecule has 3 rings (SSSR count). The molecule has 2 aliphatic heterocycles. The van der Waals surface area contributed by atoms with Crippen LogP contribution in [-0.2, 0) is 11.3 Å². The van der Waals surface area contributed by atoms with Crippen molar-refractivity contribution in [1.82, 2.24) is 9.80 Å². The highest BCUT2D eigenvalue weighted by Gasteiger charge is 2.30. The van der Waals surface area contributed by atoms with Gasteiger partial charge < -0.3 is 5.32 Å². The second kappa shape index (κ2) is 7.75. The normalized spacial score (nSPS) is 22.3. The first-order chi connectivity index (χ1) is 11.3. The Balaban J connectivity index is 1.67. The van der Waals surface area contributed by atoms with Crippen molar-refractivity contribution in [2.75, 3.05) is 31.5 Å². The second-order valence-electron chi connectivity index (χ2n) is 6.57. The van der Waals surface area contributed by atoms with Crippen LogP contribution in [0.15, 0.2) is 36.9 Å². The van der Waals surface area contributed by atoms with Gasteiger partial charge in [-0.25, -0.2) is 0 Å². The average Bonchev–Trinajstić information content (AvgIpc) is 3.21. The van der Waals surface area contributed by atoms with Gasteiger partial charge in [-0.2, -0.15) is 0 Å². The van der Waals surface area contributed by atoms with E-state index in [1.165, 1.54) is 18.4 Å². The summed E-state index contributed by atoms with van der Waals surface area (Å²) in [5.41, 5.74) is 2.19. The molecule has 2 fully saturated rings. The SMILES string of the molecule is C=CCN1CCC[C@H]1C(=O)Nc1ccccc1CN1CCCC1. The van der Waals surface area contributed by atoms with Crippen molar-refractivity contribution >= 4 is 11.6 Å². The molecule has 1 aromatic rings. The summed E-state index contributed by atoms with van der Waals surface area (Å²) in [4.78, 5) is 17.4. The first-order valence-electron chi connectivity index (χ1n) is 8.74. The van der Waals surface area contributed by atoms with E-state index in [1.54, 1.807) is 0 Å². The number of benzene rings is 1. The Morgan fingerprint density at radius 3 is 2.78 bits per heavy atom. The zero-order valence-corrected chi connectivity index (χ0v) is 13.8. The molecular formula is C19H27N3O. The van der Waals surface area contributed by atoms with Gasteiger partial charge in [0.25, 0.3) is 0 Å². The monoisotopic (exact) mass is 313 g/mol. The predicted molar refractivity (Wildman–Crippen MR) is 94.4 cm³/mol. The smallest absolute Gasteiger partial charge is 0.241 e. The van der Waals surface area contributed by atoms with Crippen molar-refractivity contribution in [3.63, 3.8) is 0 Å². The summed E-state index contributed by atoms with van der Waals surface area (Å²) < 4.78 is 0. The van der Waals surface area contributed by atoms with Crippen molar-refractivity contribution in [3.8, 4) is 0 Å². The van der Waals surface area contributed by atoms with Gasteiger partial charge in [0.05, 0.1) is 6.04 Å². The molecule has 0 aliphatic carbocycles. The van der Waals surface area contributed by atoms with Crippen LogP contribution in [0.2, 0.25) is 0 Å². The zero-order chi connectivity index (χ0) is 16.1. The van der Waals surface area contributed by atoms with E-state index in [4.69, 9.17) is 0 Å². The molecule has 23 heavy (non-hydrogen) atoms. The molecule has 0 spiro atoms. The lowest BCUT2D eigenvalue weighted by atomic mass is 10.1. The Bertz CT molecular complexity index is 551. The summed E-state index contributed by atoms with van der Waals surface area (Å²) in [6, 6.07) is 8.19. The molecule has 4 nitrogen and oxygen atoms in total. The highest BCUT2D eigenvalue weighted by Crippen LogP contribution is 2.23. The number of hydrogen-bond donors (Lipinski definition) is 1. The van der Waals surface area contributed by atoms with Crippen LogP contribution in [0.1, 0.15) is 31.2 Å². The summed E-state index contributed by atoms with van der Waals surface area (Å²) in [6.07, 6.45) is 6.47. The molecule has 1 amide bonds. The third kappa shape index (κ3) is 4.01. The third-order valence-corrected chi connectivity index (χ3v) is 4.90. The number of hydrogen-bond acceptors (Lipinski definition) is 3. The number of nitrogens with zero attached hydrogens (tertiary/aromatic N) is 2. The van der Waals surface area contributed by atoms with Crippen LogP contribution in [0.3, 0.4) is 0 Å². The molecule has 0 bridgehead atoms. The third-order valence-electron chi connectivity index (χ3n) is 4.90. The number of nitrogens with one attached hydrogen (secondary N) is 1. The van der Waals surface area contributed by atoms with E-state index in [9.17, 15) is 4.79 Å². The molecule has 2 heterocycles. The molecule has 1 atom stereocenters. The van der Waals surface area contributed by atoms with Crippen molar-refractivity contribution in [2.24, 2.45) is 0 Å². The number of carbonyl (C=O) groups is 1. The molecule has 1 aromatic carbocycles. The lowest BCUT2D eigenvalue weighted by molar-refractivity contribution is -0.120. The van der Waals surface area contributed by atoms with Gasteiger partial charge in [0.15, 0.2) is 0 Å². The molecule has 0 unspecified atom stereocenters. The molecule has 1 N–H and O–H groups in total. The standard InChI is InChI=1S/C19H27N3O/c1-2-11-22-14-7-10-18(22)19(23)20-17-9-4-3-8-16(17)15-21-12-5-6-13-21/h2-4,8-9,18H,1,5-7,10-15H2,(H,20,23)/t18-/m0/s1. The number of para-hydroxylation sites is 1. The van der Waals surface area contributed by atoms with Gasteiger partial charge >= 0.3 is 0 Å². The second-order valence-corrected chi connectivity index (χ2v) is 6.57. The fourth-order valence-electron chi connectivity index (χ4n) is 3.69. The van der Waals surface area contributed by atoms with Crippen molar-refractivity contribution in [3.05, 3.63) is 42.5 Å². The summed E-state index contributed by atoms with van der Waals surface area (Å²) >= 11 is 0. The average molecular weight is 313 g/mol. The van der Waals surface area contributed by atoms with E-state index < -0.39 is 0 Å². The van der Waals surface area contributed by atoms with Gasteiger partial charge in [-0.05, 0) is 56.9 Å². The molecule has 0 aromatic heterocycles. The van der Waals surface area contributed by atoms with Gasteiger partial charge in [0.2, 0.25) is 5.91 Å². The maximum Gasteiger partial charge on any atom is 0.241 e. The summed E-state index contributed by atoms with van der Waals surface area (Å²) in [5.74, 6) is 0.123. The number of anilines is 1. The van der Waals surface area contributed by atoms with Gasteiger partial charge in [0, 0.05) is 18.8 Å². The van der Waals surface area contributed by atoms with Crippen LogP contribution in [0.4, 0.5) is 5.69 Å². The van der Waals surface area contributed by atoms with E-state index in [0.717, 1.165) is 51.3 Å². The topological polar surface area (TPSA) is 35.6 Å². The van der Waals surface area contributed by atoms with E-state index in [2.05, 4.69) is 33.8 Å². The Hall–Kier alpha value is -1.65. The number of rotatable bonds is 6. The fraction of sp³-hybridized carbons (Fsp3) is 0.526. The minimum absolute atomic E-state index is 0.0205. The van der Waals surface area contributed by atoms with E-state index in [-0.39, 0.29) is 11.9 Å². The van der Waals surface area contributed by atoms with Crippen LogP contribution in [0.5, 0.6) is 0 Å². The van der Waals surface area contributed by atoms with Gasteiger partial charge in [-0.15, -0.1) is 6.58 Å². The molecule has 2 aliphatic rings. The molecule has 0 saturated carbocycles. The van der Waals surface area contributed by atoms with Crippen LogP contribution in [-0.4, -0.2) is 47.9 Å². The number of likely N-dealkylation sites (tertiary alicyclic amines) is 2. The van der Waals surface area contributed by atoms with Crippen LogP contribution < -0.4 is 5.32 Å². The van der Waals surface area contributed by atoms with E-state index in [0.29, 0.717) is 0 Å². The number of amides is 1. The summed E-state index contributed by atoms with van der Waals surface area (Å²) in [6.45, 7) is 8.82. The fourth-order valence-corrected chi connectivity index (χ4v) is 3.69. The minimum Gasteiger partial charge on any atom is -0.324 e. The van der Waals surface area contributed by atoms with E-state index in [1.807, 2.05) is 18.2 Å². The maximum absolute atomic E-state index is 12.7. The van der Waals surface area contributed by atoms with E-state index >= 15 is 0 Å². The first-order valence-corrected chi connectivity index (χ1v) is 8.74.